The van der Waals surface area contributed by atoms with E-state index in [9.17, 15) is 0 Å². The van der Waals surface area contributed by atoms with Crippen LogP contribution in [0.2, 0.25) is 0 Å². The van der Waals surface area contributed by atoms with Crippen molar-refractivity contribution < 1.29 is 0 Å². The van der Waals surface area contributed by atoms with E-state index in [2.05, 4.69) is 16.8 Å². The molecule has 2 nitrogen and oxygen atoms in total. The zero-order valence-corrected chi connectivity index (χ0v) is 8.13. The first-order valence-corrected chi connectivity index (χ1v) is 5.25. The summed E-state index contributed by atoms with van der Waals surface area (Å²) in [6.07, 6.45) is 4.47. The molecule has 12 heavy (non-hydrogen) atoms. The summed E-state index contributed by atoms with van der Waals surface area (Å²) in [5.41, 5.74) is 0. The van der Waals surface area contributed by atoms with Crippen LogP contribution in [-0.4, -0.2) is 49.6 Å². The van der Waals surface area contributed by atoms with Gasteiger partial charge in [0.05, 0.1) is 0 Å². The number of rotatable bonds is 2. The quantitative estimate of drug-likeness (QED) is 0.608. The Labute approximate surface area is 75.5 Å². The minimum absolute atomic E-state index is 1.05. The molecule has 1 heterocycles. The van der Waals surface area contributed by atoms with Crippen molar-refractivity contribution in [2.75, 3.05) is 39.8 Å². The molecule has 2 fully saturated rings. The lowest BCUT2D eigenvalue weighted by Gasteiger charge is -2.37. The Bertz CT molecular complexity index is 135. The topological polar surface area (TPSA) is 6.48 Å². The second-order valence-electron chi connectivity index (χ2n) is 4.40. The fourth-order valence-corrected chi connectivity index (χ4v) is 2.07. The predicted molar refractivity (Wildman–Crippen MR) is 51.3 cm³/mol. The predicted octanol–water partition coefficient (Wildman–Crippen LogP) is 1.03. The van der Waals surface area contributed by atoms with Crippen LogP contribution < -0.4 is 0 Å². The number of piperazine rings is 1. The van der Waals surface area contributed by atoms with Gasteiger partial charge in [0.25, 0.3) is 0 Å². The number of hydrogen-bond acceptors (Lipinski definition) is 2. The van der Waals surface area contributed by atoms with Crippen molar-refractivity contribution in [3.8, 4) is 0 Å². The van der Waals surface area contributed by atoms with Gasteiger partial charge in [0, 0.05) is 32.7 Å². The van der Waals surface area contributed by atoms with Gasteiger partial charge >= 0.3 is 0 Å². The van der Waals surface area contributed by atoms with Crippen LogP contribution in [0.1, 0.15) is 19.3 Å². The molecule has 2 aliphatic rings. The van der Waals surface area contributed by atoms with E-state index in [0.717, 1.165) is 5.92 Å². The highest BCUT2D eigenvalue weighted by atomic mass is 15.2. The highest BCUT2D eigenvalue weighted by molar-refractivity contribution is 4.76. The SMILES string of the molecule is CN1CCN(CC2CCC2)CC1. The summed E-state index contributed by atoms with van der Waals surface area (Å²) in [5, 5.41) is 0. The maximum absolute atomic E-state index is 2.64. The smallest absolute Gasteiger partial charge is 0.0110 e. The molecule has 0 N–H and O–H groups in total. The highest BCUT2D eigenvalue weighted by Gasteiger charge is 2.22. The molecule has 2 rings (SSSR count). The molecule has 0 amide bonds. The Morgan fingerprint density at radius 2 is 1.75 bits per heavy atom. The van der Waals surface area contributed by atoms with Crippen LogP contribution in [-0.2, 0) is 0 Å². The zero-order valence-electron chi connectivity index (χ0n) is 8.13. The van der Waals surface area contributed by atoms with Gasteiger partial charge in [0.1, 0.15) is 0 Å². The van der Waals surface area contributed by atoms with Crippen molar-refractivity contribution in [1.29, 1.82) is 0 Å². The monoisotopic (exact) mass is 168 g/mol. The van der Waals surface area contributed by atoms with Crippen LogP contribution in [0.3, 0.4) is 0 Å². The molecule has 0 bridgehead atoms. The standard InChI is InChI=1S/C10H20N2/c1-11-5-7-12(8-6-11)9-10-3-2-4-10/h10H,2-9H2,1H3. The molecule has 1 saturated heterocycles. The van der Waals surface area contributed by atoms with Crippen LogP contribution in [0, 0.1) is 5.92 Å². The molecule has 0 radical (unpaired) electrons. The lowest BCUT2D eigenvalue weighted by Crippen LogP contribution is -2.46. The lowest BCUT2D eigenvalue weighted by molar-refractivity contribution is 0.114. The first-order valence-electron chi connectivity index (χ1n) is 5.25. The van der Waals surface area contributed by atoms with Crippen LogP contribution in [0.15, 0.2) is 0 Å². The summed E-state index contributed by atoms with van der Waals surface area (Å²) < 4.78 is 0. The molecule has 1 aliphatic heterocycles. The van der Waals surface area contributed by atoms with E-state index in [1.54, 1.807) is 0 Å². The van der Waals surface area contributed by atoms with Crippen LogP contribution >= 0.6 is 0 Å². The first-order chi connectivity index (χ1) is 5.84. The minimum Gasteiger partial charge on any atom is -0.304 e. The zero-order chi connectivity index (χ0) is 8.39. The molecule has 0 aromatic heterocycles. The van der Waals surface area contributed by atoms with Gasteiger partial charge in [-0.2, -0.15) is 0 Å². The summed E-state index contributed by atoms with van der Waals surface area (Å²) in [5.74, 6) is 1.05. The molecule has 2 heteroatoms. The van der Waals surface area contributed by atoms with Crippen LogP contribution in [0.4, 0.5) is 0 Å². The minimum atomic E-state index is 1.05. The lowest BCUT2D eigenvalue weighted by atomic mass is 9.85. The Balaban J connectivity index is 1.67. The molecule has 1 saturated carbocycles. The summed E-state index contributed by atoms with van der Waals surface area (Å²) in [7, 11) is 2.22. The number of likely N-dealkylation sites (N-methyl/N-ethyl adjacent to an activating group) is 1. The third-order valence-corrected chi connectivity index (χ3v) is 3.34. The maximum atomic E-state index is 2.64. The normalized spacial score (nSPS) is 28.8. The summed E-state index contributed by atoms with van der Waals surface area (Å²) in [6.45, 7) is 6.52. The van der Waals surface area contributed by atoms with E-state index in [4.69, 9.17) is 0 Å². The van der Waals surface area contributed by atoms with Crippen molar-refractivity contribution in [2.45, 2.75) is 19.3 Å². The second kappa shape index (κ2) is 3.75. The van der Waals surface area contributed by atoms with Gasteiger partial charge < -0.3 is 9.80 Å². The molecule has 0 aromatic rings. The second-order valence-corrected chi connectivity index (χ2v) is 4.40. The molecule has 0 aromatic carbocycles. The van der Waals surface area contributed by atoms with E-state index in [1.165, 1.54) is 52.0 Å². The van der Waals surface area contributed by atoms with E-state index in [-0.39, 0.29) is 0 Å². The van der Waals surface area contributed by atoms with Gasteiger partial charge in [0.2, 0.25) is 0 Å². The van der Waals surface area contributed by atoms with Crippen molar-refractivity contribution in [2.24, 2.45) is 5.92 Å². The van der Waals surface area contributed by atoms with Gasteiger partial charge in [-0.3, -0.25) is 0 Å². The van der Waals surface area contributed by atoms with Crippen molar-refractivity contribution in [3.63, 3.8) is 0 Å². The van der Waals surface area contributed by atoms with Gasteiger partial charge in [-0.25, -0.2) is 0 Å². The Morgan fingerprint density at radius 1 is 1.08 bits per heavy atom. The highest BCUT2D eigenvalue weighted by Crippen LogP contribution is 2.27. The van der Waals surface area contributed by atoms with Crippen LogP contribution in [0.25, 0.3) is 0 Å². The molecule has 0 unspecified atom stereocenters. The summed E-state index contributed by atoms with van der Waals surface area (Å²) >= 11 is 0. The third kappa shape index (κ3) is 1.99. The first kappa shape index (κ1) is 8.52. The van der Waals surface area contributed by atoms with Crippen LogP contribution in [0.5, 0.6) is 0 Å². The molecule has 70 valence electrons. The van der Waals surface area contributed by atoms with E-state index in [1.807, 2.05) is 0 Å². The fraction of sp³-hybridized carbons (Fsp3) is 1.00. The van der Waals surface area contributed by atoms with E-state index in [0.29, 0.717) is 0 Å². The summed E-state index contributed by atoms with van der Waals surface area (Å²) in [4.78, 5) is 5.07. The number of nitrogens with zero attached hydrogens (tertiary/aromatic N) is 2. The van der Waals surface area contributed by atoms with Gasteiger partial charge in [-0.05, 0) is 25.8 Å². The molecular formula is C10H20N2. The molecule has 0 spiro atoms. The summed E-state index contributed by atoms with van der Waals surface area (Å²) in [6, 6.07) is 0. The van der Waals surface area contributed by atoms with Crippen molar-refractivity contribution in [1.82, 2.24) is 9.80 Å². The molecular weight excluding hydrogens is 148 g/mol. The Kier molecular flexibility index (Phi) is 2.66. The largest absolute Gasteiger partial charge is 0.304 e. The fourth-order valence-electron chi connectivity index (χ4n) is 2.07. The van der Waals surface area contributed by atoms with Crippen molar-refractivity contribution in [3.05, 3.63) is 0 Å². The van der Waals surface area contributed by atoms with Gasteiger partial charge in [0.15, 0.2) is 0 Å². The Hall–Kier alpha value is -0.0800. The molecule has 1 aliphatic carbocycles. The van der Waals surface area contributed by atoms with Gasteiger partial charge in [-0.15, -0.1) is 0 Å². The third-order valence-electron chi connectivity index (χ3n) is 3.34. The molecule has 0 atom stereocenters. The Morgan fingerprint density at radius 3 is 2.25 bits per heavy atom. The van der Waals surface area contributed by atoms with Gasteiger partial charge in [-0.1, -0.05) is 6.42 Å². The van der Waals surface area contributed by atoms with E-state index < -0.39 is 0 Å². The maximum Gasteiger partial charge on any atom is 0.0110 e. The van der Waals surface area contributed by atoms with E-state index >= 15 is 0 Å². The average molecular weight is 168 g/mol. The number of hydrogen-bond donors (Lipinski definition) is 0. The average Bonchev–Trinajstić information content (AvgIpc) is 2.00. The van der Waals surface area contributed by atoms with Crippen molar-refractivity contribution >= 4 is 0 Å².